The van der Waals surface area contributed by atoms with Crippen LogP contribution >= 0.6 is 0 Å². The molecule has 15 heavy (non-hydrogen) atoms. The maximum atomic E-state index is 3.66. The van der Waals surface area contributed by atoms with Crippen molar-refractivity contribution in [1.82, 2.24) is 10.6 Å². The van der Waals surface area contributed by atoms with E-state index in [-0.39, 0.29) is 0 Å². The first-order valence-electron chi connectivity index (χ1n) is 6.44. The monoisotopic (exact) mass is 212 g/mol. The second-order valence-corrected chi connectivity index (χ2v) is 4.01. The largest absolute Gasteiger partial charge is 0.315 e. The lowest BCUT2D eigenvalue weighted by Crippen LogP contribution is -2.27. The molecule has 2 nitrogen and oxygen atoms in total. The van der Waals surface area contributed by atoms with Gasteiger partial charge in [0, 0.05) is 19.6 Å². The van der Waals surface area contributed by atoms with Crippen LogP contribution in [0, 0.1) is 0 Å². The van der Waals surface area contributed by atoms with Gasteiger partial charge in [-0.15, -0.1) is 6.58 Å². The molecule has 0 saturated carbocycles. The van der Waals surface area contributed by atoms with E-state index in [1.54, 1.807) is 0 Å². The standard InChI is InChI=1S/C13H28N2/c1-3-5-6-7-8-9-11-15-13-12-14-10-4-2/h4,14-15H,2-3,5-13H2,1H3. The van der Waals surface area contributed by atoms with Crippen LogP contribution in [0.1, 0.15) is 45.4 Å². The third kappa shape index (κ3) is 13.7. The van der Waals surface area contributed by atoms with Crippen LogP contribution in [-0.2, 0) is 0 Å². The molecule has 0 unspecified atom stereocenters. The Kier molecular flexibility index (Phi) is 13.4. The summed E-state index contributed by atoms with van der Waals surface area (Å²) in [5, 5.41) is 6.71. The molecular formula is C13H28N2. The molecular weight excluding hydrogens is 184 g/mol. The van der Waals surface area contributed by atoms with Crippen LogP contribution in [0.3, 0.4) is 0 Å². The average molecular weight is 212 g/mol. The van der Waals surface area contributed by atoms with Crippen molar-refractivity contribution in [3.8, 4) is 0 Å². The van der Waals surface area contributed by atoms with Crippen LogP contribution in [0.2, 0.25) is 0 Å². The highest BCUT2D eigenvalue weighted by atomic mass is 14.9. The van der Waals surface area contributed by atoms with Gasteiger partial charge < -0.3 is 10.6 Å². The van der Waals surface area contributed by atoms with Crippen molar-refractivity contribution in [2.24, 2.45) is 0 Å². The predicted octanol–water partition coefficient (Wildman–Crippen LogP) is 2.71. The Morgan fingerprint density at radius 1 is 0.867 bits per heavy atom. The number of nitrogens with one attached hydrogen (secondary N) is 2. The molecule has 2 N–H and O–H groups in total. The molecule has 0 spiro atoms. The SMILES string of the molecule is C=CCNCCNCCCCCCCC. The minimum atomic E-state index is 0.915. The fraction of sp³-hybridized carbons (Fsp3) is 0.846. The molecule has 0 aromatic carbocycles. The molecule has 90 valence electrons. The first-order valence-corrected chi connectivity index (χ1v) is 6.44. The van der Waals surface area contributed by atoms with Crippen LogP contribution in [0.25, 0.3) is 0 Å². The number of rotatable bonds is 12. The molecule has 0 aromatic rings. The topological polar surface area (TPSA) is 24.1 Å². The summed E-state index contributed by atoms with van der Waals surface area (Å²) < 4.78 is 0. The molecule has 0 aliphatic heterocycles. The summed E-state index contributed by atoms with van der Waals surface area (Å²) in [4.78, 5) is 0. The van der Waals surface area contributed by atoms with Crippen molar-refractivity contribution in [1.29, 1.82) is 0 Å². The number of hydrogen-bond acceptors (Lipinski definition) is 2. The quantitative estimate of drug-likeness (QED) is 0.384. The van der Waals surface area contributed by atoms with Gasteiger partial charge in [0.25, 0.3) is 0 Å². The second-order valence-electron chi connectivity index (χ2n) is 4.01. The third-order valence-corrected chi connectivity index (χ3v) is 2.47. The normalized spacial score (nSPS) is 10.5. The second kappa shape index (κ2) is 13.7. The van der Waals surface area contributed by atoms with Crippen LogP contribution < -0.4 is 10.6 Å². The van der Waals surface area contributed by atoms with Crippen LogP contribution in [0.4, 0.5) is 0 Å². The van der Waals surface area contributed by atoms with E-state index in [4.69, 9.17) is 0 Å². The summed E-state index contributed by atoms with van der Waals surface area (Å²) in [6, 6.07) is 0. The molecule has 0 aliphatic rings. The molecule has 0 aliphatic carbocycles. The zero-order valence-corrected chi connectivity index (χ0v) is 10.4. The van der Waals surface area contributed by atoms with E-state index in [1.807, 2.05) is 6.08 Å². The van der Waals surface area contributed by atoms with Crippen LogP contribution in [0.5, 0.6) is 0 Å². The lowest BCUT2D eigenvalue weighted by Gasteiger charge is -2.05. The minimum absolute atomic E-state index is 0.915. The molecule has 2 heteroatoms. The molecule has 0 radical (unpaired) electrons. The van der Waals surface area contributed by atoms with Gasteiger partial charge in [0.1, 0.15) is 0 Å². The molecule has 0 aromatic heterocycles. The Morgan fingerprint density at radius 2 is 1.53 bits per heavy atom. The Labute approximate surface area is 95.5 Å². The fourth-order valence-corrected chi connectivity index (χ4v) is 1.54. The summed E-state index contributed by atoms with van der Waals surface area (Å²) in [6.07, 6.45) is 10.2. The summed E-state index contributed by atoms with van der Waals surface area (Å²) in [5.74, 6) is 0. The van der Waals surface area contributed by atoms with Gasteiger partial charge in [-0.25, -0.2) is 0 Å². The predicted molar refractivity (Wildman–Crippen MR) is 69.3 cm³/mol. The van der Waals surface area contributed by atoms with Gasteiger partial charge in [-0.2, -0.15) is 0 Å². The minimum Gasteiger partial charge on any atom is -0.315 e. The molecule has 0 atom stereocenters. The summed E-state index contributed by atoms with van der Waals surface area (Å²) >= 11 is 0. The molecule has 0 heterocycles. The number of hydrogen-bond donors (Lipinski definition) is 2. The lowest BCUT2D eigenvalue weighted by atomic mass is 10.1. The Balaban J connectivity index is 2.83. The molecule has 0 fully saturated rings. The van der Waals surface area contributed by atoms with Crippen molar-refractivity contribution in [3.05, 3.63) is 12.7 Å². The number of unbranched alkanes of at least 4 members (excludes halogenated alkanes) is 5. The van der Waals surface area contributed by atoms with Crippen molar-refractivity contribution < 1.29 is 0 Å². The Morgan fingerprint density at radius 3 is 2.27 bits per heavy atom. The Bertz CT molecular complexity index is 124. The van der Waals surface area contributed by atoms with Gasteiger partial charge in [-0.3, -0.25) is 0 Å². The van der Waals surface area contributed by atoms with Crippen LogP contribution in [-0.4, -0.2) is 26.2 Å². The van der Waals surface area contributed by atoms with E-state index in [0.29, 0.717) is 0 Å². The van der Waals surface area contributed by atoms with E-state index in [0.717, 1.165) is 19.6 Å². The maximum Gasteiger partial charge on any atom is 0.0132 e. The smallest absolute Gasteiger partial charge is 0.0132 e. The zero-order valence-electron chi connectivity index (χ0n) is 10.4. The average Bonchev–Trinajstić information content (AvgIpc) is 2.26. The zero-order chi connectivity index (χ0) is 11.2. The van der Waals surface area contributed by atoms with Gasteiger partial charge in [0.05, 0.1) is 0 Å². The van der Waals surface area contributed by atoms with Crippen molar-refractivity contribution in [2.45, 2.75) is 45.4 Å². The van der Waals surface area contributed by atoms with E-state index < -0.39 is 0 Å². The van der Waals surface area contributed by atoms with E-state index in [9.17, 15) is 0 Å². The summed E-state index contributed by atoms with van der Waals surface area (Å²) in [5.41, 5.74) is 0. The molecule has 0 amide bonds. The molecule has 0 rings (SSSR count). The summed E-state index contributed by atoms with van der Waals surface area (Å²) in [7, 11) is 0. The highest BCUT2D eigenvalue weighted by Crippen LogP contribution is 2.03. The highest BCUT2D eigenvalue weighted by molar-refractivity contribution is 4.69. The molecule has 0 bridgehead atoms. The first kappa shape index (κ1) is 14.7. The van der Waals surface area contributed by atoms with Gasteiger partial charge in [0.2, 0.25) is 0 Å². The fourth-order valence-electron chi connectivity index (χ4n) is 1.54. The highest BCUT2D eigenvalue weighted by Gasteiger charge is 1.90. The van der Waals surface area contributed by atoms with Crippen molar-refractivity contribution in [3.63, 3.8) is 0 Å². The van der Waals surface area contributed by atoms with Crippen molar-refractivity contribution >= 4 is 0 Å². The van der Waals surface area contributed by atoms with Gasteiger partial charge in [-0.1, -0.05) is 45.1 Å². The van der Waals surface area contributed by atoms with E-state index in [1.165, 1.54) is 45.1 Å². The maximum absolute atomic E-state index is 3.66. The van der Waals surface area contributed by atoms with E-state index in [2.05, 4.69) is 24.1 Å². The lowest BCUT2D eigenvalue weighted by molar-refractivity contribution is 0.564. The van der Waals surface area contributed by atoms with Gasteiger partial charge in [-0.05, 0) is 13.0 Å². The van der Waals surface area contributed by atoms with Gasteiger partial charge in [0.15, 0.2) is 0 Å². The summed E-state index contributed by atoms with van der Waals surface area (Å²) in [6.45, 7) is 10.1. The van der Waals surface area contributed by atoms with Crippen LogP contribution in [0.15, 0.2) is 12.7 Å². The third-order valence-electron chi connectivity index (χ3n) is 2.47. The first-order chi connectivity index (χ1) is 7.41. The Hall–Kier alpha value is -0.340. The van der Waals surface area contributed by atoms with E-state index >= 15 is 0 Å². The van der Waals surface area contributed by atoms with Gasteiger partial charge >= 0.3 is 0 Å². The molecule has 0 saturated heterocycles. The van der Waals surface area contributed by atoms with Crippen molar-refractivity contribution in [2.75, 3.05) is 26.2 Å².